The number of para-hydroxylation sites is 4. The zero-order chi connectivity index (χ0) is 41.4. The van der Waals surface area contributed by atoms with Gasteiger partial charge in [-0.25, -0.2) is 0 Å². The number of hydrogen-bond acceptors (Lipinski definition) is 2. The lowest BCUT2D eigenvalue weighted by molar-refractivity contribution is 0.670. The van der Waals surface area contributed by atoms with E-state index in [1.54, 1.807) is 0 Å². The number of hydrogen-bond donors (Lipinski definition) is 0. The molecule has 0 saturated heterocycles. The summed E-state index contributed by atoms with van der Waals surface area (Å²) in [6.45, 7) is 0. The van der Waals surface area contributed by atoms with E-state index in [4.69, 9.17) is 8.83 Å². The Kier molecular flexibility index (Phi) is 8.01. The van der Waals surface area contributed by atoms with Crippen LogP contribution >= 0.6 is 0 Å². The van der Waals surface area contributed by atoms with Crippen LogP contribution in [0.15, 0.2) is 227 Å². The molecule has 12 aromatic rings. The van der Waals surface area contributed by atoms with Gasteiger partial charge in [0.2, 0.25) is 0 Å². The van der Waals surface area contributed by atoms with Crippen LogP contribution in [0, 0.1) is 0 Å². The molecule has 0 fully saturated rings. The van der Waals surface area contributed by atoms with Gasteiger partial charge in [0.15, 0.2) is 0 Å². The molecule has 0 unspecified atom stereocenters. The molecule has 0 N–H and O–H groups in total. The molecule has 0 spiro atoms. The van der Waals surface area contributed by atoms with Crippen molar-refractivity contribution in [2.24, 2.45) is 0 Å². The summed E-state index contributed by atoms with van der Waals surface area (Å²) in [5.74, 6) is 0. The van der Waals surface area contributed by atoms with Crippen molar-refractivity contribution < 1.29 is 8.83 Å². The van der Waals surface area contributed by atoms with Crippen LogP contribution in [0.25, 0.3) is 122 Å². The molecule has 0 saturated carbocycles. The van der Waals surface area contributed by atoms with Crippen molar-refractivity contribution in [2.45, 2.75) is 6.42 Å². The molecule has 294 valence electrons. The van der Waals surface area contributed by atoms with E-state index in [0.29, 0.717) is 0 Å². The van der Waals surface area contributed by atoms with Crippen LogP contribution in [0.5, 0.6) is 0 Å². The van der Waals surface area contributed by atoms with Crippen LogP contribution < -0.4 is 0 Å². The van der Waals surface area contributed by atoms with Crippen molar-refractivity contribution in [3.05, 3.63) is 230 Å². The Morgan fingerprint density at radius 3 is 0.889 bits per heavy atom. The first-order valence-electron chi connectivity index (χ1n) is 21.7. The monoisotopic (exact) mass is 802 g/mol. The largest absolute Gasteiger partial charge is 0.455 e. The quantitative estimate of drug-likeness (QED) is 0.167. The van der Waals surface area contributed by atoms with Crippen LogP contribution in [0.2, 0.25) is 0 Å². The van der Waals surface area contributed by atoms with Gasteiger partial charge >= 0.3 is 0 Å². The van der Waals surface area contributed by atoms with Crippen LogP contribution in [-0.2, 0) is 6.42 Å². The molecule has 2 heteroatoms. The highest BCUT2D eigenvalue weighted by Gasteiger charge is 2.23. The van der Waals surface area contributed by atoms with Gasteiger partial charge in [0.1, 0.15) is 22.3 Å². The van der Waals surface area contributed by atoms with E-state index in [9.17, 15) is 0 Å². The van der Waals surface area contributed by atoms with Gasteiger partial charge in [0, 0.05) is 43.8 Å². The molecule has 10 aromatic carbocycles. The van der Waals surface area contributed by atoms with Crippen LogP contribution in [0.4, 0.5) is 0 Å². The summed E-state index contributed by atoms with van der Waals surface area (Å²) >= 11 is 0. The molecule has 1 aliphatic rings. The van der Waals surface area contributed by atoms with Crippen LogP contribution in [0.1, 0.15) is 11.1 Å². The van der Waals surface area contributed by atoms with Gasteiger partial charge in [-0.3, -0.25) is 0 Å². The molecule has 0 amide bonds. The topological polar surface area (TPSA) is 26.3 Å². The average molecular weight is 803 g/mol. The molecular formula is C61H38O2. The normalized spacial score (nSPS) is 12.1. The maximum atomic E-state index is 6.92. The summed E-state index contributed by atoms with van der Waals surface area (Å²) in [7, 11) is 0. The first-order valence-corrected chi connectivity index (χ1v) is 21.7. The summed E-state index contributed by atoms with van der Waals surface area (Å²) in [6, 6.07) is 78.6. The third-order valence-corrected chi connectivity index (χ3v) is 13.2. The van der Waals surface area contributed by atoms with E-state index in [-0.39, 0.29) is 0 Å². The Morgan fingerprint density at radius 2 is 0.524 bits per heavy atom. The summed E-state index contributed by atoms with van der Waals surface area (Å²) in [6.07, 6.45) is 0.910. The highest BCUT2D eigenvalue weighted by molar-refractivity contribution is 6.14. The van der Waals surface area contributed by atoms with Crippen molar-refractivity contribution >= 4 is 43.9 Å². The van der Waals surface area contributed by atoms with Crippen LogP contribution in [0.3, 0.4) is 0 Å². The lowest BCUT2D eigenvalue weighted by Gasteiger charge is -2.09. The molecular weight excluding hydrogens is 765 g/mol. The van der Waals surface area contributed by atoms with Crippen molar-refractivity contribution in [3.63, 3.8) is 0 Å². The van der Waals surface area contributed by atoms with Gasteiger partial charge in [-0.2, -0.15) is 0 Å². The summed E-state index contributed by atoms with van der Waals surface area (Å²) < 4.78 is 13.8. The Bertz CT molecular complexity index is 3470. The molecule has 13 rings (SSSR count). The Morgan fingerprint density at radius 1 is 0.222 bits per heavy atom. The Labute approximate surface area is 365 Å². The minimum Gasteiger partial charge on any atom is -0.455 e. The van der Waals surface area contributed by atoms with E-state index >= 15 is 0 Å². The van der Waals surface area contributed by atoms with Gasteiger partial charge in [0.05, 0.1) is 0 Å². The fourth-order valence-corrected chi connectivity index (χ4v) is 10.00. The third kappa shape index (κ3) is 5.80. The summed E-state index contributed by atoms with van der Waals surface area (Å²) in [4.78, 5) is 0. The fraction of sp³-hybridized carbons (Fsp3) is 0.0164. The molecule has 2 heterocycles. The lowest BCUT2D eigenvalue weighted by atomic mass is 9.95. The Balaban J connectivity index is 0.870. The SMILES string of the molecule is c1ccc(-c2ccc(-c3cccc4c3oc3c(-c5ccc6c(c5)-c5cc(-c7cccc8c7oc7c(-c9ccc(-c%10ccccc%10)cc9)cccc78)ccc5C6)cccc34)cc2)cc1. The smallest absolute Gasteiger partial charge is 0.143 e. The minimum atomic E-state index is 0.910. The highest BCUT2D eigenvalue weighted by Crippen LogP contribution is 2.46. The molecule has 0 atom stereocenters. The maximum absolute atomic E-state index is 6.92. The van der Waals surface area contributed by atoms with Crippen LogP contribution in [-0.4, -0.2) is 0 Å². The van der Waals surface area contributed by atoms with Gasteiger partial charge in [-0.15, -0.1) is 0 Å². The second kappa shape index (κ2) is 14.2. The lowest BCUT2D eigenvalue weighted by Crippen LogP contribution is -1.84. The summed E-state index contributed by atoms with van der Waals surface area (Å²) in [5, 5.41) is 4.50. The molecule has 0 bridgehead atoms. The summed E-state index contributed by atoms with van der Waals surface area (Å²) in [5.41, 5.74) is 22.7. The van der Waals surface area contributed by atoms with E-state index in [2.05, 4.69) is 218 Å². The molecule has 2 nitrogen and oxygen atoms in total. The fourth-order valence-electron chi connectivity index (χ4n) is 10.00. The standard InChI is InChI=1S/C61H38O2/c1-3-11-38(12-4-1)40-23-27-42(28-24-40)48-15-7-19-52-54-21-9-17-50(60(54)62-58(48)52)46-33-31-44-35-45-32-34-47(37-57(45)56(44)36-46)51-18-10-22-55-53-20-8-16-49(59(53)63-61(51)55)43-29-25-41(26-30-43)39-13-5-2-6-14-39/h1-34,36-37H,35H2. The molecule has 2 aromatic heterocycles. The minimum absolute atomic E-state index is 0.910. The zero-order valence-electron chi connectivity index (χ0n) is 34.3. The number of fused-ring (bicyclic) bond motifs is 9. The first kappa shape index (κ1) is 35.5. The second-order valence-corrected chi connectivity index (χ2v) is 16.7. The van der Waals surface area contributed by atoms with E-state index in [1.807, 2.05) is 0 Å². The predicted molar refractivity (Wildman–Crippen MR) is 262 cm³/mol. The zero-order valence-corrected chi connectivity index (χ0v) is 34.3. The highest BCUT2D eigenvalue weighted by atomic mass is 16.3. The van der Waals surface area contributed by atoms with Crippen molar-refractivity contribution in [1.82, 2.24) is 0 Å². The van der Waals surface area contributed by atoms with Crippen molar-refractivity contribution in [3.8, 4) is 77.9 Å². The second-order valence-electron chi connectivity index (χ2n) is 16.7. The van der Waals surface area contributed by atoms with Crippen molar-refractivity contribution in [1.29, 1.82) is 0 Å². The van der Waals surface area contributed by atoms with Gasteiger partial charge in [-0.1, -0.05) is 206 Å². The molecule has 0 radical (unpaired) electrons. The molecule has 1 aliphatic carbocycles. The van der Waals surface area contributed by atoms with E-state index in [0.717, 1.165) is 94.8 Å². The van der Waals surface area contributed by atoms with E-state index < -0.39 is 0 Å². The maximum Gasteiger partial charge on any atom is 0.143 e. The predicted octanol–water partition coefficient (Wildman–Crippen LogP) is 17.1. The Hall–Kier alpha value is -8.20. The number of rotatable bonds is 6. The van der Waals surface area contributed by atoms with E-state index in [1.165, 1.54) is 44.5 Å². The molecule has 63 heavy (non-hydrogen) atoms. The van der Waals surface area contributed by atoms with Gasteiger partial charge in [0.25, 0.3) is 0 Å². The van der Waals surface area contributed by atoms with Crippen molar-refractivity contribution in [2.75, 3.05) is 0 Å². The first-order chi connectivity index (χ1) is 31.2. The average Bonchev–Trinajstić information content (AvgIpc) is 4.06. The van der Waals surface area contributed by atoms with Gasteiger partial charge < -0.3 is 8.83 Å². The van der Waals surface area contributed by atoms with Gasteiger partial charge in [-0.05, 0) is 85.3 Å². The molecule has 0 aliphatic heterocycles. The number of benzene rings is 10. The number of furan rings is 2. The third-order valence-electron chi connectivity index (χ3n) is 13.2.